The van der Waals surface area contributed by atoms with E-state index in [1.165, 1.54) is 10.9 Å². The van der Waals surface area contributed by atoms with Gasteiger partial charge in [0.15, 0.2) is 6.20 Å². The number of para-hydroxylation sites is 1. The molecule has 0 saturated heterocycles. The molecule has 2 rings (SSSR count). The molecule has 1 heterocycles. The third-order valence-electron chi connectivity index (χ3n) is 1.95. The summed E-state index contributed by atoms with van der Waals surface area (Å²) >= 11 is 0. The van der Waals surface area contributed by atoms with Crippen molar-refractivity contribution in [2.24, 2.45) is 0 Å². The molecule has 2 nitrogen and oxygen atoms in total. The maximum absolute atomic E-state index is 3.09. The molecule has 0 atom stereocenters. The van der Waals surface area contributed by atoms with Crippen molar-refractivity contribution in [3.63, 3.8) is 0 Å². The van der Waals surface area contributed by atoms with Gasteiger partial charge in [0.2, 0.25) is 5.52 Å². The Balaban J connectivity index is 2.79. The number of nitrogens with one attached hydrogen (secondary N) is 1. The average Bonchev–Trinajstić information content (AvgIpc) is 2.17. The summed E-state index contributed by atoms with van der Waals surface area (Å²) in [5, 5.41) is 1.24. The SMILES string of the molecule is CN[n+]1cccc2ccccc21. The van der Waals surface area contributed by atoms with Crippen molar-refractivity contribution < 1.29 is 4.68 Å². The standard InChI is InChI=1S/C10H11N2/c1-11-12-8-4-6-9-5-2-3-7-10(9)12/h2-8,11H,1H3/q+1. The smallest absolute Gasteiger partial charge is 0.196 e. The largest absolute Gasteiger partial charge is 0.242 e. The summed E-state index contributed by atoms with van der Waals surface area (Å²) in [7, 11) is 1.91. The van der Waals surface area contributed by atoms with Crippen LogP contribution in [0.1, 0.15) is 0 Å². The summed E-state index contributed by atoms with van der Waals surface area (Å²) in [6.07, 6.45) is 2.00. The first-order valence-corrected chi connectivity index (χ1v) is 3.99. The van der Waals surface area contributed by atoms with E-state index < -0.39 is 0 Å². The van der Waals surface area contributed by atoms with Crippen LogP contribution in [-0.4, -0.2) is 7.05 Å². The Hall–Kier alpha value is -1.57. The van der Waals surface area contributed by atoms with E-state index in [0.29, 0.717) is 0 Å². The van der Waals surface area contributed by atoms with E-state index in [9.17, 15) is 0 Å². The van der Waals surface area contributed by atoms with Crippen molar-refractivity contribution in [1.82, 2.24) is 0 Å². The van der Waals surface area contributed by atoms with E-state index >= 15 is 0 Å². The van der Waals surface area contributed by atoms with Crippen LogP contribution in [0.25, 0.3) is 10.9 Å². The monoisotopic (exact) mass is 159 g/mol. The van der Waals surface area contributed by atoms with E-state index in [2.05, 4.69) is 23.6 Å². The Morgan fingerprint density at radius 2 is 1.83 bits per heavy atom. The van der Waals surface area contributed by atoms with Crippen LogP contribution < -0.4 is 10.1 Å². The molecule has 0 fully saturated rings. The van der Waals surface area contributed by atoms with Gasteiger partial charge in [-0.15, -0.1) is 0 Å². The van der Waals surface area contributed by atoms with Gasteiger partial charge in [0.05, 0.1) is 7.05 Å². The lowest BCUT2D eigenvalue weighted by Gasteiger charge is -1.96. The number of benzene rings is 1. The molecule has 0 aliphatic carbocycles. The molecule has 0 saturated carbocycles. The number of pyridine rings is 1. The maximum atomic E-state index is 3.09. The number of aromatic nitrogens is 1. The molecular formula is C10H11N2+. The minimum absolute atomic E-state index is 1.20. The van der Waals surface area contributed by atoms with Crippen molar-refractivity contribution in [3.05, 3.63) is 42.6 Å². The van der Waals surface area contributed by atoms with Gasteiger partial charge in [0, 0.05) is 17.5 Å². The Morgan fingerprint density at radius 3 is 2.67 bits per heavy atom. The number of hydrogen-bond donors (Lipinski definition) is 1. The molecule has 0 unspecified atom stereocenters. The van der Waals surface area contributed by atoms with Crippen LogP contribution in [0.15, 0.2) is 42.6 Å². The second-order valence-electron chi connectivity index (χ2n) is 2.66. The Kier molecular flexibility index (Phi) is 1.67. The molecule has 2 aromatic rings. The second-order valence-corrected chi connectivity index (χ2v) is 2.66. The number of rotatable bonds is 1. The molecule has 12 heavy (non-hydrogen) atoms. The lowest BCUT2D eigenvalue weighted by Crippen LogP contribution is -2.42. The van der Waals surface area contributed by atoms with Gasteiger partial charge in [-0.3, -0.25) is 0 Å². The first kappa shape index (κ1) is 7.10. The summed E-state index contributed by atoms with van der Waals surface area (Å²) in [6.45, 7) is 0. The van der Waals surface area contributed by atoms with Gasteiger partial charge in [-0.2, -0.15) is 5.43 Å². The zero-order valence-corrected chi connectivity index (χ0v) is 6.99. The highest BCUT2D eigenvalue weighted by molar-refractivity contribution is 5.74. The van der Waals surface area contributed by atoms with Gasteiger partial charge < -0.3 is 0 Å². The molecule has 1 aromatic carbocycles. The van der Waals surface area contributed by atoms with Gasteiger partial charge in [-0.25, -0.2) is 0 Å². The summed E-state index contributed by atoms with van der Waals surface area (Å²) in [4.78, 5) is 0. The van der Waals surface area contributed by atoms with Crippen molar-refractivity contribution in [2.45, 2.75) is 0 Å². The van der Waals surface area contributed by atoms with Gasteiger partial charge in [0.25, 0.3) is 0 Å². The van der Waals surface area contributed by atoms with Crippen LogP contribution in [0, 0.1) is 0 Å². The summed E-state index contributed by atoms with van der Waals surface area (Å²) in [5.74, 6) is 0. The Bertz CT molecular complexity index is 390. The highest BCUT2D eigenvalue weighted by Gasteiger charge is 2.03. The first-order valence-electron chi connectivity index (χ1n) is 3.99. The normalized spacial score (nSPS) is 10.1. The molecular weight excluding hydrogens is 148 g/mol. The predicted molar refractivity (Wildman–Crippen MR) is 49.4 cm³/mol. The van der Waals surface area contributed by atoms with Crippen LogP contribution in [0.5, 0.6) is 0 Å². The van der Waals surface area contributed by atoms with Crippen LogP contribution in [0.3, 0.4) is 0 Å². The lowest BCUT2D eigenvalue weighted by molar-refractivity contribution is -0.620. The highest BCUT2D eigenvalue weighted by Crippen LogP contribution is 2.06. The summed E-state index contributed by atoms with van der Waals surface area (Å²) in [6, 6.07) is 12.4. The molecule has 0 spiro atoms. The Morgan fingerprint density at radius 1 is 1.08 bits per heavy atom. The van der Waals surface area contributed by atoms with Crippen molar-refractivity contribution in [1.29, 1.82) is 0 Å². The molecule has 1 aromatic heterocycles. The van der Waals surface area contributed by atoms with Crippen molar-refractivity contribution >= 4 is 10.9 Å². The first-order chi connectivity index (χ1) is 5.92. The van der Waals surface area contributed by atoms with Crippen LogP contribution >= 0.6 is 0 Å². The highest BCUT2D eigenvalue weighted by atomic mass is 15.4. The third-order valence-corrected chi connectivity index (χ3v) is 1.95. The van der Waals surface area contributed by atoms with E-state index in [-0.39, 0.29) is 0 Å². The fourth-order valence-corrected chi connectivity index (χ4v) is 1.36. The quantitative estimate of drug-likeness (QED) is 0.620. The number of hydrogen-bond acceptors (Lipinski definition) is 1. The third kappa shape index (κ3) is 1.01. The van der Waals surface area contributed by atoms with E-state index in [4.69, 9.17) is 0 Å². The van der Waals surface area contributed by atoms with Gasteiger partial charge in [-0.1, -0.05) is 16.8 Å². The average molecular weight is 159 g/mol. The zero-order valence-electron chi connectivity index (χ0n) is 6.99. The van der Waals surface area contributed by atoms with Crippen molar-refractivity contribution in [3.8, 4) is 0 Å². The molecule has 0 radical (unpaired) electrons. The molecule has 0 amide bonds. The Labute approximate surface area is 71.4 Å². The van der Waals surface area contributed by atoms with E-state index in [0.717, 1.165) is 0 Å². The molecule has 0 bridgehead atoms. The molecule has 60 valence electrons. The fourth-order valence-electron chi connectivity index (χ4n) is 1.36. The van der Waals surface area contributed by atoms with Crippen LogP contribution in [0.4, 0.5) is 0 Å². The zero-order chi connectivity index (χ0) is 8.39. The number of nitrogens with zero attached hydrogens (tertiary/aromatic N) is 1. The summed E-state index contributed by atoms with van der Waals surface area (Å²) in [5.41, 5.74) is 4.28. The van der Waals surface area contributed by atoms with Crippen LogP contribution in [0.2, 0.25) is 0 Å². The predicted octanol–water partition coefficient (Wildman–Crippen LogP) is 1.30. The summed E-state index contributed by atoms with van der Waals surface area (Å²) < 4.78 is 2.00. The maximum Gasteiger partial charge on any atom is 0.242 e. The fraction of sp³-hybridized carbons (Fsp3) is 0.100. The van der Waals surface area contributed by atoms with E-state index in [1.54, 1.807) is 0 Å². The van der Waals surface area contributed by atoms with Gasteiger partial charge in [-0.05, 0) is 12.1 Å². The van der Waals surface area contributed by atoms with Crippen LogP contribution in [-0.2, 0) is 0 Å². The van der Waals surface area contributed by atoms with Gasteiger partial charge >= 0.3 is 0 Å². The molecule has 0 aliphatic heterocycles. The van der Waals surface area contributed by atoms with Gasteiger partial charge in [0.1, 0.15) is 0 Å². The molecule has 2 heteroatoms. The van der Waals surface area contributed by atoms with E-state index in [1.807, 2.05) is 36.1 Å². The number of fused-ring (bicyclic) bond motifs is 1. The lowest BCUT2D eigenvalue weighted by atomic mass is 10.2. The molecule has 1 N–H and O–H groups in total. The molecule has 0 aliphatic rings. The minimum atomic E-state index is 1.20. The second kappa shape index (κ2) is 2.81. The topological polar surface area (TPSA) is 15.9 Å². The van der Waals surface area contributed by atoms with Crippen molar-refractivity contribution in [2.75, 3.05) is 12.5 Å². The minimum Gasteiger partial charge on any atom is -0.196 e.